The van der Waals surface area contributed by atoms with Crippen LogP contribution in [0.1, 0.15) is 37.8 Å². The van der Waals surface area contributed by atoms with E-state index in [0.29, 0.717) is 12.0 Å². The Morgan fingerprint density at radius 3 is 3.00 bits per heavy atom. The lowest BCUT2D eigenvalue weighted by Crippen LogP contribution is -2.32. The summed E-state index contributed by atoms with van der Waals surface area (Å²) in [6, 6.07) is 8.64. The first-order valence-electron chi connectivity index (χ1n) is 6.41. The smallest absolute Gasteiger partial charge is 0.119 e. The second kappa shape index (κ2) is 5.52. The van der Waals surface area contributed by atoms with Gasteiger partial charge in [0.1, 0.15) is 5.75 Å². The molecule has 2 rings (SSSR count). The highest BCUT2D eigenvalue weighted by Gasteiger charge is 2.32. The van der Waals surface area contributed by atoms with Crippen LogP contribution in [-0.2, 0) is 0 Å². The molecule has 0 aromatic heterocycles. The van der Waals surface area contributed by atoms with Crippen molar-refractivity contribution in [3.8, 4) is 5.75 Å². The van der Waals surface area contributed by atoms with Crippen molar-refractivity contribution in [3.05, 3.63) is 29.8 Å². The number of hydrazine groups is 1. The van der Waals surface area contributed by atoms with Crippen molar-refractivity contribution in [3.63, 3.8) is 0 Å². The fourth-order valence-corrected chi connectivity index (χ4v) is 2.84. The first-order chi connectivity index (χ1) is 8.26. The molecule has 3 heteroatoms. The Kier molecular flexibility index (Phi) is 4.02. The van der Waals surface area contributed by atoms with Crippen molar-refractivity contribution in [2.24, 2.45) is 11.8 Å². The van der Waals surface area contributed by atoms with Gasteiger partial charge in [-0.3, -0.25) is 5.84 Å². The van der Waals surface area contributed by atoms with Crippen LogP contribution in [0.15, 0.2) is 24.3 Å². The summed E-state index contributed by atoms with van der Waals surface area (Å²) in [5, 5.41) is 1.98. The molecule has 1 aromatic carbocycles. The molecular formula is C14H22N2O. The molecule has 0 saturated carbocycles. The number of nitrogens with two attached hydrogens (primary N) is 1. The maximum Gasteiger partial charge on any atom is 0.119 e. The van der Waals surface area contributed by atoms with Gasteiger partial charge < -0.3 is 4.74 Å². The van der Waals surface area contributed by atoms with Crippen molar-refractivity contribution in [2.45, 2.75) is 32.2 Å². The molecule has 1 fully saturated rings. The Hall–Kier alpha value is -1.06. The molecule has 1 heterocycles. The molecule has 0 spiro atoms. The zero-order valence-corrected chi connectivity index (χ0v) is 10.7. The van der Waals surface area contributed by atoms with Crippen molar-refractivity contribution >= 4 is 0 Å². The number of methoxy groups -OCH3 is 1. The van der Waals surface area contributed by atoms with Crippen LogP contribution in [0.2, 0.25) is 0 Å². The Morgan fingerprint density at radius 2 is 2.29 bits per heavy atom. The van der Waals surface area contributed by atoms with Crippen molar-refractivity contribution < 1.29 is 4.74 Å². The standard InChI is InChI=1S/C14H22N2O/c1-3-5-11-8-9-16(15)14(11)12-6-4-7-13(10-12)17-2/h4,6-7,10-11,14H,3,5,8-9,15H2,1-2H3/t11-,14+/m1/s1. The second-order valence-corrected chi connectivity index (χ2v) is 4.80. The number of hydrogen-bond donors (Lipinski definition) is 1. The third-order valence-corrected chi connectivity index (χ3v) is 3.66. The van der Waals surface area contributed by atoms with Crippen LogP contribution in [0, 0.1) is 5.92 Å². The van der Waals surface area contributed by atoms with E-state index in [4.69, 9.17) is 10.6 Å². The number of rotatable bonds is 4. The summed E-state index contributed by atoms with van der Waals surface area (Å²) in [7, 11) is 1.71. The van der Waals surface area contributed by atoms with Crippen LogP contribution in [0.5, 0.6) is 5.75 Å². The third-order valence-electron chi connectivity index (χ3n) is 3.66. The number of nitrogens with zero attached hydrogens (tertiary/aromatic N) is 1. The number of hydrogen-bond acceptors (Lipinski definition) is 3. The summed E-state index contributed by atoms with van der Waals surface area (Å²) in [4.78, 5) is 0. The van der Waals surface area contributed by atoms with Gasteiger partial charge in [0.2, 0.25) is 0 Å². The average molecular weight is 234 g/mol. The number of benzene rings is 1. The molecule has 2 atom stereocenters. The van der Waals surface area contributed by atoms with Gasteiger partial charge in [-0.1, -0.05) is 25.5 Å². The molecule has 1 aromatic rings. The summed E-state index contributed by atoms with van der Waals surface area (Å²) in [5.41, 5.74) is 1.28. The summed E-state index contributed by atoms with van der Waals surface area (Å²) in [5.74, 6) is 7.71. The first kappa shape index (κ1) is 12.4. The Balaban J connectivity index is 2.22. The van der Waals surface area contributed by atoms with Crippen LogP contribution in [0.4, 0.5) is 0 Å². The highest BCUT2D eigenvalue weighted by Crippen LogP contribution is 2.38. The van der Waals surface area contributed by atoms with Gasteiger partial charge >= 0.3 is 0 Å². The molecule has 17 heavy (non-hydrogen) atoms. The summed E-state index contributed by atoms with van der Waals surface area (Å²) in [6.07, 6.45) is 3.67. The van der Waals surface area contributed by atoms with Crippen molar-refractivity contribution in [1.82, 2.24) is 5.01 Å². The monoisotopic (exact) mass is 234 g/mol. The van der Waals surface area contributed by atoms with Gasteiger partial charge in [0, 0.05) is 6.54 Å². The molecule has 0 aliphatic carbocycles. The second-order valence-electron chi connectivity index (χ2n) is 4.80. The van der Waals surface area contributed by atoms with Crippen LogP contribution in [0.25, 0.3) is 0 Å². The molecule has 1 aliphatic rings. The Bertz CT molecular complexity index is 365. The van der Waals surface area contributed by atoms with E-state index in [0.717, 1.165) is 12.3 Å². The van der Waals surface area contributed by atoms with Gasteiger partial charge in [-0.05, 0) is 36.5 Å². The largest absolute Gasteiger partial charge is 0.497 e. The van der Waals surface area contributed by atoms with Crippen molar-refractivity contribution in [2.75, 3.05) is 13.7 Å². The molecular weight excluding hydrogens is 212 g/mol. The molecule has 0 amide bonds. The molecule has 1 aliphatic heterocycles. The zero-order chi connectivity index (χ0) is 12.3. The lowest BCUT2D eigenvalue weighted by atomic mass is 9.90. The van der Waals surface area contributed by atoms with Crippen molar-refractivity contribution in [1.29, 1.82) is 0 Å². The lowest BCUT2D eigenvalue weighted by molar-refractivity contribution is 0.228. The van der Waals surface area contributed by atoms with Gasteiger partial charge in [-0.25, -0.2) is 5.01 Å². The molecule has 1 saturated heterocycles. The molecule has 0 bridgehead atoms. The minimum absolute atomic E-state index is 0.352. The molecule has 0 radical (unpaired) electrons. The number of ether oxygens (including phenoxy) is 1. The van der Waals surface area contributed by atoms with E-state index < -0.39 is 0 Å². The van der Waals surface area contributed by atoms with Gasteiger partial charge in [0.05, 0.1) is 13.2 Å². The van der Waals surface area contributed by atoms with E-state index in [2.05, 4.69) is 19.1 Å². The quantitative estimate of drug-likeness (QED) is 0.814. The summed E-state index contributed by atoms with van der Waals surface area (Å²) >= 11 is 0. The predicted molar refractivity (Wildman–Crippen MR) is 69.6 cm³/mol. The van der Waals surface area contributed by atoms with E-state index >= 15 is 0 Å². The van der Waals surface area contributed by atoms with E-state index in [9.17, 15) is 0 Å². The Morgan fingerprint density at radius 1 is 1.47 bits per heavy atom. The van der Waals surface area contributed by atoms with E-state index in [1.165, 1.54) is 24.8 Å². The van der Waals surface area contributed by atoms with Crippen LogP contribution in [0.3, 0.4) is 0 Å². The van der Waals surface area contributed by atoms with E-state index in [1.807, 2.05) is 17.1 Å². The third kappa shape index (κ3) is 2.61. The summed E-state index contributed by atoms with van der Waals surface area (Å²) < 4.78 is 5.29. The highest BCUT2D eigenvalue weighted by atomic mass is 16.5. The van der Waals surface area contributed by atoms with Gasteiger partial charge in [-0.15, -0.1) is 0 Å². The van der Waals surface area contributed by atoms with Crippen LogP contribution < -0.4 is 10.6 Å². The molecule has 2 N–H and O–H groups in total. The van der Waals surface area contributed by atoms with Gasteiger partial charge in [0.15, 0.2) is 0 Å². The molecule has 0 unspecified atom stereocenters. The first-order valence-corrected chi connectivity index (χ1v) is 6.41. The minimum atomic E-state index is 0.352. The fraction of sp³-hybridized carbons (Fsp3) is 0.571. The van der Waals surface area contributed by atoms with Crippen LogP contribution in [-0.4, -0.2) is 18.7 Å². The molecule has 3 nitrogen and oxygen atoms in total. The Labute approximate surface area is 104 Å². The maximum atomic E-state index is 6.12. The fourth-order valence-electron chi connectivity index (χ4n) is 2.84. The topological polar surface area (TPSA) is 38.5 Å². The lowest BCUT2D eigenvalue weighted by Gasteiger charge is -2.25. The van der Waals surface area contributed by atoms with Gasteiger partial charge in [0.25, 0.3) is 0 Å². The van der Waals surface area contributed by atoms with Crippen LogP contribution >= 0.6 is 0 Å². The minimum Gasteiger partial charge on any atom is -0.497 e. The summed E-state index contributed by atoms with van der Waals surface area (Å²) in [6.45, 7) is 3.23. The normalized spacial score (nSPS) is 25.1. The predicted octanol–water partition coefficient (Wildman–Crippen LogP) is 2.73. The molecule has 94 valence electrons. The zero-order valence-electron chi connectivity index (χ0n) is 10.7. The van der Waals surface area contributed by atoms with E-state index in [1.54, 1.807) is 7.11 Å². The maximum absolute atomic E-state index is 6.12. The van der Waals surface area contributed by atoms with Gasteiger partial charge in [-0.2, -0.15) is 0 Å². The van der Waals surface area contributed by atoms with E-state index in [-0.39, 0.29) is 0 Å². The highest BCUT2D eigenvalue weighted by molar-refractivity contribution is 5.31. The SMILES string of the molecule is CCC[C@@H]1CCN(N)[C@@H]1c1cccc(OC)c1. The average Bonchev–Trinajstić information content (AvgIpc) is 2.71.